The van der Waals surface area contributed by atoms with Gasteiger partial charge < -0.3 is 14.8 Å². The molecule has 0 spiro atoms. The molecule has 1 aromatic heterocycles. The van der Waals surface area contributed by atoms with Crippen LogP contribution in [0.3, 0.4) is 0 Å². The third-order valence-corrected chi connectivity index (χ3v) is 2.62. The standard InChI is InChI=1S/C13H13NO4/c1-2-18-11(15)7-9-12(16)8-5-3-4-6-10(8)14-13(9)17/h3-6H,2,7H2,1H3,(H2,14,16,17). The summed E-state index contributed by atoms with van der Waals surface area (Å²) in [6.07, 6.45) is -0.236. The normalized spacial score (nSPS) is 10.5. The molecule has 0 aliphatic heterocycles. The molecule has 2 aromatic rings. The van der Waals surface area contributed by atoms with Crippen LogP contribution in [0.25, 0.3) is 10.9 Å². The Kier molecular flexibility index (Phi) is 3.32. The number of rotatable bonds is 3. The van der Waals surface area contributed by atoms with Crippen molar-refractivity contribution in [2.75, 3.05) is 6.61 Å². The van der Waals surface area contributed by atoms with Crippen molar-refractivity contribution in [3.8, 4) is 5.75 Å². The Balaban J connectivity index is 2.51. The molecule has 0 atom stereocenters. The second-order valence-electron chi connectivity index (χ2n) is 3.81. The molecule has 0 bridgehead atoms. The second kappa shape index (κ2) is 4.91. The third-order valence-electron chi connectivity index (χ3n) is 2.62. The molecular weight excluding hydrogens is 234 g/mol. The van der Waals surface area contributed by atoms with E-state index in [0.717, 1.165) is 0 Å². The minimum atomic E-state index is -0.534. The van der Waals surface area contributed by atoms with Crippen LogP contribution in [0.2, 0.25) is 0 Å². The summed E-state index contributed by atoms with van der Waals surface area (Å²) in [4.78, 5) is 25.8. The van der Waals surface area contributed by atoms with E-state index in [9.17, 15) is 14.7 Å². The van der Waals surface area contributed by atoms with Crippen LogP contribution in [0.15, 0.2) is 29.1 Å². The highest BCUT2D eigenvalue weighted by molar-refractivity contribution is 5.87. The van der Waals surface area contributed by atoms with E-state index in [2.05, 4.69) is 4.98 Å². The average molecular weight is 247 g/mol. The maximum atomic E-state index is 11.8. The topological polar surface area (TPSA) is 79.4 Å². The summed E-state index contributed by atoms with van der Waals surface area (Å²) in [5.41, 5.74) is 0.0963. The van der Waals surface area contributed by atoms with E-state index in [1.165, 1.54) is 0 Å². The number of aromatic amines is 1. The highest BCUT2D eigenvalue weighted by atomic mass is 16.5. The molecule has 0 aliphatic rings. The Labute approximate surface area is 103 Å². The number of aromatic hydroxyl groups is 1. The Hall–Kier alpha value is -2.30. The summed E-state index contributed by atoms with van der Waals surface area (Å²) < 4.78 is 4.77. The van der Waals surface area contributed by atoms with E-state index in [0.29, 0.717) is 10.9 Å². The number of hydrogen-bond donors (Lipinski definition) is 2. The van der Waals surface area contributed by atoms with Crippen molar-refractivity contribution < 1.29 is 14.6 Å². The number of nitrogens with one attached hydrogen (secondary N) is 1. The van der Waals surface area contributed by atoms with Crippen LogP contribution < -0.4 is 5.56 Å². The summed E-state index contributed by atoms with van der Waals surface area (Å²) in [6.45, 7) is 1.92. The van der Waals surface area contributed by atoms with Gasteiger partial charge in [0.1, 0.15) is 5.75 Å². The predicted molar refractivity (Wildman–Crippen MR) is 66.6 cm³/mol. The van der Waals surface area contributed by atoms with Gasteiger partial charge in [0.25, 0.3) is 5.56 Å². The van der Waals surface area contributed by atoms with Gasteiger partial charge in [0.15, 0.2) is 0 Å². The van der Waals surface area contributed by atoms with Crippen LogP contribution in [0, 0.1) is 0 Å². The minimum absolute atomic E-state index is 0.0344. The van der Waals surface area contributed by atoms with Crippen molar-refractivity contribution in [3.05, 3.63) is 40.2 Å². The molecule has 2 rings (SSSR count). The summed E-state index contributed by atoms with van der Waals surface area (Å²) in [6, 6.07) is 6.86. The number of ether oxygens (including phenoxy) is 1. The van der Waals surface area contributed by atoms with Gasteiger partial charge in [0.05, 0.1) is 24.1 Å². The lowest BCUT2D eigenvalue weighted by molar-refractivity contribution is -0.142. The van der Waals surface area contributed by atoms with Crippen molar-refractivity contribution >= 4 is 16.9 Å². The fourth-order valence-electron chi connectivity index (χ4n) is 1.79. The van der Waals surface area contributed by atoms with E-state index in [1.54, 1.807) is 31.2 Å². The quantitative estimate of drug-likeness (QED) is 0.802. The van der Waals surface area contributed by atoms with Crippen molar-refractivity contribution in [2.24, 2.45) is 0 Å². The largest absolute Gasteiger partial charge is 0.507 e. The van der Waals surface area contributed by atoms with Crippen molar-refractivity contribution in [2.45, 2.75) is 13.3 Å². The zero-order valence-corrected chi connectivity index (χ0v) is 9.90. The van der Waals surface area contributed by atoms with Gasteiger partial charge in [-0.05, 0) is 19.1 Å². The molecule has 0 aliphatic carbocycles. The first-order valence-corrected chi connectivity index (χ1v) is 5.62. The summed E-state index contributed by atoms with van der Waals surface area (Å²) >= 11 is 0. The Morgan fingerprint density at radius 3 is 2.83 bits per heavy atom. The lowest BCUT2D eigenvalue weighted by Gasteiger charge is -2.06. The molecule has 0 radical (unpaired) electrons. The number of fused-ring (bicyclic) bond motifs is 1. The van der Waals surface area contributed by atoms with Crippen molar-refractivity contribution in [1.29, 1.82) is 0 Å². The lowest BCUT2D eigenvalue weighted by atomic mass is 10.1. The van der Waals surface area contributed by atoms with Gasteiger partial charge in [-0.3, -0.25) is 9.59 Å². The average Bonchev–Trinajstić information content (AvgIpc) is 2.35. The van der Waals surface area contributed by atoms with Crippen molar-refractivity contribution in [1.82, 2.24) is 4.98 Å². The summed E-state index contributed by atoms with van der Waals surface area (Å²) in [5.74, 6) is -0.698. The predicted octanol–water partition coefficient (Wildman–Crippen LogP) is 1.34. The third kappa shape index (κ3) is 2.20. The first-order valence-electron chi connectivity index (χ1n) is 5.62. The van der Waals surface area contributed by atoms with Gasteiger partial charge >= 0.3 is 5.97 Å². The van der Waals surface area contributed by atoms with Crippen LogP contribution in [0.5, 0.6) is 5.75 Å². The molecule has 2 N–H and O–H groups in total. The highest BCUT2D eigenvalue weighted by Crippen LogP contribution is 2.24. The van der Waals surface area contributed by atoms with Gasteiger partial charge in [-0.2, -0.15) is 0 Å². The number of para-hydroxylation sites is 1. The number of carbonyl (C=O) groups is 1. The number of H-pyrrole nitrogens is 1. The molecular formula is C13H13NO4. The zero-order valence-electron chi connectivity index (χ0n) is 9.90. The van der Waals surface area contributed by atoms with Gasteiger partial charge in [-0.15, -0.1) is 0 Å². The van der Waals surface area contributed by atoms with E-state index in [-0.39, 0.29) is 24.3 Å². The van der Waals surface area contributed by atoms with Gasteiger partial charge in [0.2, 0.25) is 0 Å². The Morgan fingerprint density at radius 1 is 1.39 bits per heavy atom. The molecule has 0 amide bonds. The summed E-state index contributed by atoms with van der Waals surface area (Å²) in [7, 11) is 0. The molecule has 1 heterocycles. The van der Waals surface area contributed by atoms with Crippen LogP contribution in [-0.2, 0) is 16.0 Å². The Bertz CT molecular complexity index is 645. The van der Waals surface area contributed by atoms with E-state index >= 15 is 0 Å². The number of benzene rings is 1. The molecule has 0 fully saturated rings. The first kappa shape index (κ1) is 12.2. The molecule has 5 nitrogen and oxygen atoms in total. The van der Waals surface area contributed by atoms with Gasteiger partial charge in [-0.25, -0.2) is 0 Å². The smallest absolute Gasteiger partial charge is 0.310 e. The molecule has 0 unspecified atom stereocenters. The number of aromatic nitrogens is 1. The first-order chi connectivity index (χ1) is 8.63. The molecule has 1 aromatic carbocycles. The fraction of sp³-hybridized carbons (Fsp3) is 0.231. The SMILES string of the molecule is CCOC(=O)Cc1c(O)c2ccccc2[nH]c1=O. The number of hydrogen-bond acceptors (Lipinski definition) is 4. The Morgan fingerprint density at radius 2 is 2.11 bits per heavy atom. The van der Waals surface area contributed by atoms with Gasteiger partial charge in [-0.1, -0.05) is 12.1 Å². The molecule has 0 saturated carbocycles. The van der Waals surface area contributed by atoms with E-state index < -0.39 is 11.5 Å². The molecule has 5 heteroatoms. The maximum absolute atomic E-state index is 11.8. The lowest BCUT2D eigenvalue weighted by Crippen LogP contribution is -2.18. The minimum Gasteiger partial charge on any atom is -0.507 e. The van der Waals surface area contributed by atoms with E-state index in [4.69, 9.17) is 4.74 Å². The molecule has 94 valence electrons. The second-order valence-corrected chi connectivity index (χ2v) is 3.81. The highest BCUT2D eigenvalue weighted by Gasteiger charge is 2.15. The fourth-order valence-corrected chi connectivity index (χ4v) is 1.79. The molecule has 0 saturated heterocycles. The zero-order chi connectivity index (χ0) is 13.1. The van der Waals surface area contributed by atoms with Crippen molar-refractivity contribution in [3.63, 3.8) is 0 Å². The molecule has 18 heavy (non-hydrogen) atoms. The number of esters is 1. The van der Waals surface area contributed by atoms with Gasteiger partial charge in [0, 0.05) is 5.39 Å². The number of carbonyl (C=O) groups excluding carboxylic acids is 1. The monoisotopic (exact) mass is 247 g/mol. The maximum Gasteiger partial charge on any atom is 0.310 e. The van der Waals surface area contributed by atoms with Crippen LogP contribution in [0.4, 0.5) is 0 Å². The van der Waals surface area contributed by atoms with Crippen LogP contribution in [0.1, 0.15) is 12.5 Å². The summed E-state index contributed by atoms with van der Waals surface area (Å²) in [5, 5.41) is 10.5. The van der Waals surface area contributed by atoms with E-state index in [1.807, 2.05) is 0 Å². The van der Waals surface area contributed by atoms with Crippen LogP contribution >= 0.6 is 0 Å². The number of pyridine rings is 1. The van der Waals surface area contributed by atoms with Crippen LogP contribution in [-0.4, -0.2) is 22.7 Å².